The lowest BCUT2D eigenvalue weighted by atomic mass is 10.0. The lowest BCUT2D eigenvalue weighted by molar-refractivity contribution is 0.212. The van der Waals surface area contributed by atoms with Gasteiger partial charge in [0.2, 0.25) is 0 Å². The van der Waals surface area contributed by atoms with Gasteiger partial charge in [-0.25, -0.2) is 0 Å². The van der Waals surface area contributed by atoms with E-state index in [-0.39, 0.29) is 0 Å². The number of rotatable bonds is 4. The van der Waals surface area contributed by atoms with Crippen molar-refractivity contribution in [3.8, 4) is 6.07 Å². The van der Waals surface area contributed by atoms with Crippen LogP contribution >= 0.6 is 0 Å². The summed E-state index contributed by atoms with van der Waals surface area (Å²) in [6.45, 7) is 0.955. The number of nitriles is 1. The van der Waals surface area contributed by atoms with Crippen molar-refractivity contribution in [3.05, 3.63) is 35.4 Å². The van der Waals surface area contributed by atoms with Gasteiger partial charge in [-0.2, -0.15) is 5.26 Å². The number of hydrogen-bond acceptors (Lipinski definition) is 3. The Morgan fingerprint density at radius 1 is 1.05 bits per heavy atom. The second-order valence-corrected chi connectivity index (χ2v) is 7.46. The zero-order chi connectivity index (χ0) is 15.7. The molecule has 0 aliphatic heterocycles. The van der Waals surface area contributed by atoms with Crippen LogP contribution in [-0.2, 0) is 6.54 Å². The van der Waals surface area contributed by atoms with Crippen molar-refractivity contribution in [2.45, 2.75) is 44.3 Å². The maximum atomic E-state index is 9.02. The Bertz CT molecular complexity index is 546. The molecule has 3 rings (SSSR count). The van der Waals surface area contributed by atoms with Gasteiger partial charge < -0.3 is 4.90 Å². The summed E-state index contributed by atoms with van der Waals surface area (Å²) in [5.41, 5.74) is 2.02. The van der Waals surface area contributed by atoms with Gasteiger partial charge in [-0.05, 0) is 76.4 Å². The molecule has 0 saturated heterocycles. The summed E-state index contributed by atoms with van der Waals surface area (Å²) in [6, 6.07) is 11.8. The Kier molecular flexibility index (Phi) is 4.52. The Morgan fingerprint density at radius 2 is 1.68 bits per heavy atom. The molecule has 2 unspecified atom stereocenters. The smallest absolute Gasteiger partial charge is 0.0991 e. The zero-order valence-electron chi connectivity index (χ0n) is 14.0. The van der Waals surface area contributed by atoms with Gasteiger partial charge in [0.25, 0.3) is 0 Å². The van der Waals surface area contributed by atoms with Gasteiger partial charge in [-0.15, -0.1) is 0 Å². The first-order valence-corrected chi connectivity index (χ1v) is 8.42. The topological polar surface area (TPSA) is 30.3 Å². The van der Waals surface area contributed by atoms with Gasteiger partial charge >= 0.3 is 0 Å². The van der Waals surface area contributed by atoms with E-state index in [0.29, 0.717) is 6.04 Å². The number of fused-ring (bicyclic) bond motifs is 1. The SMILES string of the molecule is CN(C)C1C[C@@H]2CC(N(C)Cc3cccc(C#N)c3)C[C@@H]2C1. The molecule has 0 radical (unpaired) electrons. The highest BCUT2D eigenvalue weighted by molar-refractivity contribution is 5.32. The van der Waals surface area contributed by atoms with Crippen molar-refractivity contribution in [3.63, 3.8) is 0 Å². The normalized spacial score (nSPS) is 30.7. The Balaban J connectivity index is 1.57. The molecule has 3 heteroatoms. The first kappa shape index (κ1) is 15.5. The van der Waals surface area contributed by atoms with E-state index in [2.05, 4.69) is 43.1 Å². The Hall–Kier alpha value is -1.37. The van der Waals surface area contributed by atoms with E-state index < -0.39 is 0 Å². The molecule has 1 aromatic rings. The molecule has 0 bridgehead atoms. The van der Waals surface area contributed by atoms with Crippen LogP contribution in [0.1, 0.15) is 36.8 Å². The molecule has 2 saturated carbocycles. The standard InChI is InChI=1S/C19H27N3/c1-21(2)18-8-16-10-19(11-17(16)9-18)22(3)13-15-6-4-5-14(7-15)12-20/h4-7,16-19H,8-11,13H2,1-3H3/t16-,17+,18?,19?. The number of nitrogens with zero attached hydrogens (tertiary/aromatic N) is 3. The molecular formula is C19H27N3. The van der Waals surface area contributed by atoms with Crippen LogP contribution in [0.4, 0.5) is 0 Å². The van der Waals surface area contributed by atoms with Crippen LogP contribution in [-0.4, -0.2) is 43.0 Å². The van der Waals surface area contributed by atoms with E-state index in [1.54, 1.807) is 0 Å². The summed E-state index contributed by atoms with van der Waals surface area (Å²) >= 11 is 0. The predicted octanol–water partition coefficient (Wildman–Crippen LogP) is 3.11. The summed E-state index contributed by atoms with van der Waals surface area (Å²) < 4.78 is 0. The third-order valence-corrected chi connectivity index (χ3v) is 5.81. The van der Waals surface area contributed by atoms with Crippen LogP contribution in [0.2, 0.25) is 0 Å². The monoisotopic (exact) mass is 297 g/mol. The molecule has 3 nitrogen and oxygen atoms in total. The molecule has 118 valence electrons. The second kappa shape index (κ2) is 6.40. The van der Waals surface area contributed by atoms with Crippen molar-refractivity contribution in [2.24, 2.45) is 11.8 Å². The third kappa shape index (κ3) is 3.19. The molecule has 0 amide bonds. The lowest BCUT2D eigenvalue weighted by Gasteiger charge is -2.27. The molecule has 1 aromatic carbocycles. The number of hydrogen-bond donors (Lipinski definition) is 0. The quantitative estimate of drug-likeness (QED) is 0.855. The summed E-state index contributed by atoms with van der Waals surface area (Å²) in [5, 5.41) is 9.02. The maximum absolute atomic E-state index is 9.02. The first-order valence-electron chi connectivity index (χ1n) is 8.42. The minimum Gasteiger partial charge on any atom is -0.306 e. The van der Waals surface area contributed by atoms with Gasteiger partial charge in [-0.3, -0.25) is 4.90 Å². The molecule has 0 aromatic heterocycles. The van der Waals surface area contributed by atoms with Crippen LogP contribution in [0.25, 0.3) is 0 Å². The van der Waals surface area contributed by atoms with Crippen LogP contribution in [0.3, 0.4) is 0 Å². The molecule has 2 aliphatic carbocycles. The Morgan fingerprint density at radius 3 is 2.27 bits per heavy atom. The van der Waals surface area contributed by atoms with E-state index in [4.69, 9.17) is 5.26 Å². The highest BCUT2D eigenvalue weighted by Gasteiger charge is 2.43. The fourth-order valence-electron chi connectivity index (χ4n) is 4.49. The minimum absolute atomic E-state index is 0.712. The lowest BCUT2D eigenvalue weighted by Crippen LogP contribution is -2.31. The molecule has 4 atom stereocenters. The van der Waals surface area contributed by atoms with Gasteiger partial charge in [0.05, 0.1) is 11.6 Å². The van der Waals surface area contributed by atoms with Crippen molar-refractivity contribution in [2.75, 3.05) is 21.1 Å². The third-order valence-electron chi connectivity index (χ3n) is 5.81. The average Bonchev–Trinajstić information content (AvgIpc) is 3.06. The predicted molar refractivity (Wildman–Crippen MR) is 89.3 cm³/mol. The van der Waals surface area contributed by atoms with E-state index >= 15 is 0 Å². The Labute approximate surface area is 134 Å². The molecular weight excluding hydrogens is 270 g/mol. The van der Waals surface area contributed by atoms with Crippen LogP contribution < -0.4 is 0 Å². The van der Waals surface area contributed by atoms with Crippen molar-refractivity contribution in [1.82, 2.24) is 9.80 Å². The summed E-state index contributed by atoms with van der Waals surface area (Å²) in [6.07, 6.45) is 5.46. The fraction of sp³-hybridized carbons (Fsp3) is 0.632. The van der Waals surface area contributed by atoms with Gasteiger partial charge in [0.1, 0.15) is 0 Å². The van der Waals surface area contributed by atoms with Gasteiger partial charge in [0.15, 0.2) is 0 Å². The minimum atomic E-state index is 0.712. The first-order chi connectivity index (χ1) is 10.6. The highest BCUT2D eigenvalue weighted by Crippen LogP contribution is 2.46. The van der Waals surface area contributed by atoms with E-state index in [9.17, 15) is 0 Å². The maximum Gasteiger partial charge on any atom is 0.0991 e. The summed E-state index contributed by atoms with van der Waals surface area (Å²) in [7, 11) is 6.68. The van der Waals surface area contributed by atoms with E-state index in [1.807, 2.05) is 18.2 Å². The second-order valence-electron chi connectivity index (χ2n) is 7.46. The van der Waals surface area contributed by atoms with E-state index in [0.717, 1.165) is 30.0 Å². The van der Waals surface area contributed by atoms with Gasteiger partial charge in [-0.1, -0.05) is 12.1 Å². The fourth-order valence-corrected chi connectivity index (χ4v) is 4.49. The number of benzene rings is 1. The van der Waals surface area contributed by atoms with Gasteiger partial charge in [0, 0.05) is 18.6 Å². The van der Waals surface area contributed by atoms with Crippen molar-refractivity contribution < 1.29 is 0 Å². The molecule has 22 heavy (non-hydrogen) atoms. The van der Waals surface area contributed by atoms with Crippen LogP contribution in [0.5, 0.6) is 0 Å². The molecule has 0 N–H and O–H groups in total. The van der Waals surface area contributed by atoms with Crippen molar-refractivity contribution in [1.29, 1.82) is 5.26 Å². The summed E-state index contributed by atoms with van der Waals surface area (Å²) in [5.74, 6) is 1.84. The molecule has 2 aliphatic rings. The zero-order valence-corrected chi connectivity index (χ0v) is 14.0. The summed E-state index contributed by atoms with van der Waals surface area (Å²) in [4.78, 5) is 4.91. The highest BCUT2D eigenvalue weighted by atomic mass is 15.1. The molecule has 2 fully saturated rings. The van der Waals surface area contributed by atoms with E-state index in [1.165, 1.54) is 31.2 Å². The molecule has 0 heterocycles. The largest absolute Gasteiger partial charge is 0.306 e. The van der Waals surface area contributed by atoms with Crippen LogP contribution in [0, 0.1) is 23.2 Å². The van der Waals surface area contributed by atoms with Crippen molar-refractivity contribution >= 4 is 0 Å². The van der Waals surface area contributed by atoms with Crippen LogP contribution in [0.15, 0.2) is 24.3 Å². The molecule has 0 spiro atoms. The average molecular weight is 297 g/mol.